The Kier molecular flexibility index (Phi) is 6.41. The molecule has 1 heterocycles. The van der Waals surface area contributed by atoms with Gasteiger partial charge in [0.15, 0.2) is 5.82 Å². The van der Waals surface area contributed by atoms with Crippen LogP contribution in [0.2, 0.25) is 0 Å². The van der Waals surface area contributed by atoms with Gasteiger partial charge in [0.05, 0.1) is 0 Å². The van der Waals surface area contributed by atoms with Crippen LogP contribution in [-0.2, 0) is 13.5 Å². The van der Waals surface area contributed by atoms with Gasteiger partial charge in [-0.25, -0.2) is 4.98 Å². The molecule has 1 unspecified atom stereocenters. The maximum atomic E-state index is 4.32. The van der Waals surface area contributed by atoms with Crippen LogP contribution in [0.25, 0.3) is 0 Å². The summed E-state index contributed by atoms with van der Waals surface area (Å²) in [5, 5.41) is 7.98. The van der Waals surface area contributed by atoms with E-state index >= 15 is 0 Å². The molecule has 0 bridgehead atoms. The molecule has 114 valence electrons. The van der Waals surface area contributed by atoms with Crippen molar-refractivity contribution >= 4 is 0 Å². The summed E-state index contributed by atoms with van der Waals surface area (Å²) in [5.41, 5.74) is 1.38. The van der Waals surface area contributed by atoms with Gasteiger partial charge in [0.25, 0.3) is 0 Å². The van der Waals surface area contributed by atoms with E-state index in [1.54, 1.807) is 11.0 Å². The van der Waals surface area contributed by atoms with Crippen molar-refractivity contribution in [1.29, 1.82) is 0 Å². The molecule has 1 aromatic heterocycles. The van der Waals surface area contributed by atoms with E-state index < -0.39 is 0 Å². The van der Waals surface area contributed by atoms with Crippen molar-refractivity contribution in [1.82, 2.24) is 20.1 Å². The molecule has 0 aliphatic rings. The van der Waals surface area contributed by atoms with E-state index in [1.807, 2.05) is 7.05 Å². The predicted molar refractivity (Wildman–Crippen MR) is 86.0 cm³/mol. The Balaban J connectivity index is 1.86. The van der Waals surface area contributed by atoms with Crippen molar-refractivity contribution in [3.63, 3.8) is 0 Å². The highest BCUT2D eigenvalue weighted by atomic mass is 15.3. The van der Waals surface area contributed by atoms with Gasteiger partial charge in [-0.2, -0.15) is 5.10 Å². The Labute approximate surface area is 127 Å². The third-order valence-corrected chi connectivity index (χ3v) is 3.68. The smallest absolute Gasteiger partial charge is 0.151 e. The highest BCUT2D eigenvalue weighted by Gasteiger charge is 2.10. The van der Waals surface area contributed by atoms with Crippen LogP contribution in [0, 0.1) is 0 Å². The van der Waals surface area contributed by atoms with E-state index in [1.165, 1.54) is 31.2 Å². The maximum Gasteiger partial charge on any atom is 0.151 e. The van der Waals surface area contributed by atoms with Gasteiger partial charge >= 0.3 is 0 Å². The third kappa shape index (κ3) is 5.31. The largest absolute Gasteiger partial charge is 0.309 e. The number of rotatable bonds is 9. The SMILES string of the molecule is CCCCCC(NCCc1ncn(C)n1)c1ccccc1. The molecule has 2 aromatic rings. The molecule has 4 nitrogen and oxygen atoms in total. The Morgan fingerprint density at radius 1 is 1.19 bits per heavy atom. The van der Waals surface area contributed by atoms with Crippen molar-refractivity contribution in [3.8, 4) is 0 Å². The summed E-state index contributed by atoms with van der Waals surface area (Å²) in [4.78, 5) is 4.27. The second kappa shape index (κ2) is 8.57. The van der Waals surface area contributed by atoms with Crippen molar-refractivity contribution in [3.05, 3.63) is 48.0 Å². The van der Waals surface area contributed by atoms with Gasteiger partial charge in [-0.3, -0.25) is 4.68 Å². The van der Waals surface area contributed by atoms with Crippen molar-refractivity contribution in [2.75, 3.05) is 6.54 Å². The molecule has 0 fully saturated rings. The number of hydrogen-bond donors (Lipinski definition) is 1. The average Bonchev–Trinajstić information content (AvgIpc) is 2.92. The monoisotopic (exact) mass is 286 g/mol. The fraction of sp³-hybridized carbons (Fsp3) is 0.529. The Bertz CT molecular complexity index is 507. The maximum absolute atomic E-state index is 4.32. The second-order valence-electron chi connectivity index (χ2n) is 5.50. The Morgan fingerprint density at radius 2 is 2.00 bits per heavy atom. The summed E-state index contributed by atoms with van der Waals surface area (Å²) < 4.78 is 1.76. The lowest BCUT2D eigenvalue weighted by molar-refractivity contribution is 0.474. The minimum absolute atomic E-state index is 0.432. The summed E-state index contributed by atoms with van der Waals surface area (Å²) in [6, 6.07) is 11.2. The topological polar surface area (TPSA) is 42.7 Å². The fourth-order valence-corrected chi connectivity index (χ4v) is 2.53. The number of nitrogens with zero attached hydrogens (tertiary/aromatic N) is 3. The number of benzene rings is 1. The number of aryl methyl sites for hydroxylation is 1. The minimum Gasteiger partial charge on any atom is -0.309 e. The predicted octanol–water partition coefficient (Wildman–Crippen LogP) is 3.27. The molecule has 0 amide bonds. The van der Waals surface area contributed by atoms with E-state index in [0.717, 1.165) is 18.8 Å². The van der Waals surface area contributed by atoms with Crippen molar-refractivity contribution in [2.45, 2.75) is 45.1 Å². The molecule has 0 aliphatic heterocycles. The van der Waals surface area contributed by atoms with E-state index in [9.17, 15) is 0 Å². The van der Waals surface area contributed by atoms with Gasteiger partial charge < -0.3 is 5.32 Å². The standard InChI is InChI=1S/C17H26N4/c1-3-4-6-11-16(15-9-7-5-8-10-15)18-13-12-17-19-14-21(2)20-17/h5,7-10,14,16,18H,3-4,6,11-13H2,1-2H3. The number of hydrogen-bond acceptors (Lipinski definition) is 3. The van der Waals surface area contributed by atoms with Crippen LogP contribution in [0.3, 0.4) is 0 Å². The molecule has 0 saturated carbocycles. The molecule has 0 saturated heterocycles. The van der Waals surface area contributed by atoms with Gasteiger partial charge in [0, 0.05) is 26.1 Å². The molecule has 1 N–H and O–H groups in total. The molecule has 0 aliphatic carbocycles. The third-order valence-electron chi connectivity index (χ3n) is 3.68. The molecule has 2 rings (SSSR count). The van der Waals surface area contributed by atoms with Crippen molar-refractivity contribution < 1.29 is 0 Å². The quantitative estimate of drug-likeness (QED) is 0.719. The molecule has 1 atom stereocenters. The van der Waals surface area contributed by atoms with Crippen LogP contribution in [0.15, 0.2) is 36.7 Å². The zero-order valence-electron chi connectivity index (χ0n) is 13.1. The van der Waals surface area contributed by atoms with E-state index in [-0.39, 0.29) is 0 Å². The van der Waals surface area contributed by atoms with Crippen molar-refractivity contribution in [2.24, 2.45) is 7.05 Å². The first-order chi connectivity index (χ1) is 10.3. The molecule has 21 heavy (non-hydrogen) atoms. The Morgan fingerprint density at radius 3 is 2.67 bits per heavy atom. The summed E-state index contributed by atoms with van der Waals surface area (Å²) in [6.45, 7) is 3.16. The zero-order valence-corrected chi connectivity index (χ0v) is 13.1. The first-order valence-corrected chi connectivity index (χ1v) is 7.92. The first-order valence-electron chi connectivity index (χ1n) is 7.92. The van der Waals surface area contributed by atoms with Crippen LogP contribution in [-0.4, -0.2) is 21.3 Å². The van der Waals surface area contributed by atoms with Crippen LogP contribution >= 0.6 is 0 Å². The molecular formula is C17H26N4. The Hall–Kier alpha value is -1.68. The van der Waals surface area contributed by atoms with Crippen LogP contribution in [0.1, 0.15) is 50.0 Å². The summed E-state index contributed by atoms with van der Waals surface area (Å²) >= 11 is 0. The number of unbranched alkanes of at least 4 members (excludes halogenated alkanes) is 2. The lowest BCUT2D eigenvalue weighted by Crippen LogP contribution is -2.24. The number of aromatic nitrogens is 3. The summed E-state index contributed by atoms with van der Waals surface area (Å²) in [5.74, 6) is 0.908. The van der Waals surface area contributed by atoms with E-state index in [4.69, 9.17) is 0 Å². The molecular weight excluding hydrogens is 260 g/mol. The lowest BCUT2D eigenvalue weighted by atomic mass is 10.0. The zero-order chi connectivity index (χ0) is 14.9. The first kappa shape index (κ1) is 15.7. The molecule has 1 aromatic carbocycles. The summed E-state index contributed by atoms with van der Waals surface area (Å²) in [6.07, 6.45) is 7.65. The highest BCUT2D eigenvalue weighted by molar-refractivity contribution is 5.18. The van der Waals surface area contributed by atoms with Crippen LogP contribution < -0.4 is 5.32 Å². The summed E-state index contributed by atoms with van der Waals surface area (Å²) in [7, 11) is 1.90. The normalized spacial score (nSPS) is 12.5. The minimum atomic E-state index is 0.432. The van der Waals surface area contributed by atoms with Gasteiger partial charge in [-0.05, 0) is 12.0 Å². The average molecular weight is 286 g/mol. The van der Waals surface area contributed by atoms with E-state index in [0.29, 0.717) is 6.04 Å². The lowest BCUT2D eigenvalue weighted by Gasteiger charge is -2.19. The van der Waals surface area contributed by atoms with Gasteiger partial charge in [0.2, 0.25) is 0 Å². The van der Waals surface area contributed by atoms with Gasteiger partial charge in [-0.15, -0.1) is 0 Å². The second-order valence-corrected chi connectivity index (χ2v) is 5.50. The molecule has 0 spiro atoms. The molecule has 0 radical (unpaired) electrons. The fourth-order valence-electron chi connectivity index (χ4n) is 2.53. The van der Waals surface area contributed by atoms with Gasteiger partial charge in [-0.1, -0.05) is 56.5 Å². The number of nitrogens with one attached hydrogen (secondary N) is 1. The van der Waals surface area contributed by atoms with Crippen LogP contribution in [0.4, 0.5) is 0 Å². The molecule has 4 heteroatoms. The van der Waals surface area contributed by atoms with Crippen LogP contribution in [0.5, 0.6) is 0 Å². The van der Waals surface area contributed by atoms with E-state index in [2.05, 4.69) is 52.7 Å². The van der Waals surface area contributed by atoms with Gasteiger partial charge in [0.1, 0.15) is 6.33 Å². The highest BCUT2D eigenvalue weighted by Crippen LogP contribution is 2.19.